The third-order valence-electron chi connectivity index (χ3n) is 4.93. The molecule has 0 amide bonds. The van der Waals surface area contributed by atoms with Gasteiger partial charge < -0.3 is 4.74 Å². The maximum Gasteiger partial charge on any atom is 0.123 e. The Hall–Kier alpha value is -1.91. The van der Waals surface area contributed by atoms with Crippen molar-refractivity contribution in [2.45, 2.75) is 24.9 Å². The van der Waals surface area contributed by atoms with Gasteiger partial charge in [-0.2, -0.15) is 5.06 Å². The van der Waals surface area contributed by atoms with Gasteiger partial charge in [-0.3, -0.25) is 4.84 Å². The topological polar surface area (TPSA) is 21.7 Å². The lowest BCUT2D eigenvalue weighted by Gasteiger charge is -2.35. The summed E-state index contributed by atoms with van der Waals surface area (Å²) in [6.45, 7) is 2.91. The van der Waals surface area contributed by atoms with E-state index in [1.807, 2.05) is 23.3 Å². The molecule has 0 N–H and O–H groups in total. The fourth-order valence-corrected chi connectivity index (χ4v) is 3.64. The smallest absolute Gasteiger partial charge is 0.123 e. The van der Waals surface area contributed by atoms with Crippen LogP contribution in [0.25, 0.3) is 0 Å². The van der Waals surface area contributed by atoms with Crippen LogP contribution in [0.1, 0.15) is 24.0 Å². The minimum atomic E-state index is -0.197. The summed E-state index contributed by atoms with van der Waals surface area (Å²) in [6.07, 6.45) is 1.89. The number of ether oxygens (including phenoxy) is 1. The van der Waals surface area contributed by atoms with E-state index in [0.717, 1.165) is 42.8 Å². The normalized spacial score (nSPS) is 23.7. The van der Waals surface area contributed by atoms with Crippen molar-refractivity contribution >= 4 is 0 Å². The quantitative estimate of drug-likeness (QED) is 0.863. The highest BCUT2D eigenvalue weighted by atomic mass is 19.1. The van der Waals surface area contributed by atoms with E-state index in [1.165, 1.54) is 6.07 Å². The van der Waals surface area contributed by atoms with Crippen molar-refractivity contribution in [3.8, 4) is 5.75 Å². The van der Waals surface area contributed by atoms with Crippen molar-refractivity contribution in [2.24, 2.45) is 0 Å². The Morgan fingerprint density at radius 1 is 1.13 bits per heavy atom. The van der Waals surface area contributed by atoms with Crippen LogP contribution in [0.5, 0.6) is 5.75 Å². The van der Waals surface area contributed by atoms with Gasteiger partial charge in [0.15, 0.2) is 0 Å². The van der Waals surface area contributed by atoms with Crippen LogP contribution in [0.4, 0.5) is 4.39 Å². The molecule has 4 rings (SSSR count). The second-order valence-electron chi connectivity index (χ2n) is 6.39. The number of nitrogens with zero attached hydrogens (tertiary/aromatic N) is 1. The molecule has 2 aliphatic heterocycles. The standard InChI is InChI=1S/C19H20FNO2/c20-16-6-7-18-17(12-16)19(9-11-22-18)8-10-21(14-19)23-13-15-4-2-1-3-5-15/h1-7,12H,8-11,13-14H2. The van der Waals surface area contributed by atoms with Gasteiger partial charge in [-0.25, -0.2) is 4.39 Å². The number of hydrogen-bond donors (Lipinski definition) is 0. The van der Waals surface area contributed by atoms with Crippen LogP contribution in [-0.4, -0.2) is 24.8 Å². The van der Waals surface area contributed by atoms with Gasteiger partial charge in [0, 0.05) is 24.1 Å². The summed E-state index contributed by atoms with van der Waals surface area (Å²) in [7, 11) is 0. The molecule has 2 aliphatic rings. The Kier molecular flexibility index (Phi) is 3.79. The van der Waals surface area contributed by atoms with Crippen LogP contribution < -0.4 is 4.74 Å². The first kappa shape index (κ1) is 14.7. The minimum absolute atomic E-state index is 0.0492. The molecule has 23 heavy (non-hydrogen) atoms. The number of fused-ring (bicyclic) bond motifs is 2. The highest BCUT2D eigenvalue weighted by Gasteiger charge is 2.44. The van der Waals surface area contributed by atoms with Gasteiger partial charge in [0.25, 0.3) is 0 Å². The van der Waals surface area contributed by atoms with E-state index in [1.54, 1.807) is 12.1 Å². The van der Waals surface area contributed by atoms with E-state index >= 15 is 0 Å². The SMILES string of the molecule is Fc1ccc2c(c1)C1(CCO2)CCN(OCc2ccccc2)C1. The Morgan fingerprint density at radius 2 is 2.00 bits per heavy atom. The first-order valence-corrected chi connectivity index (χ1v) is 8.10. The number of benzene rings is 2. The van der Waals surface area contributed by atoms with Gasteiger partial charge in [0.1, 0.15) is 11.6 Å². The van der Waals surface area contributed by atoms with Crippen molar-refractivity contribution in [3.05, 3.63) is 65.5 Å². The highest BCUT2D eigenvalue weighted by Crippen LogP contribution is 2.45. The molecular formula is C19H20FNO2. The van der Waals surface area contributed by atoms with Crippen LogP contribution >= 0.6 is 0 Å². The summed E-state index contributed by atoms with van der Waals surface area (Å²) in [4.78, 5) is 5.96. The number of rotatable bonds is 3. The third kappa shape index (κ3) is 2.84. The minimum Gasteiger partial charge on any atom is -0.493 e. The van der Waals surface area contributed by atoms with E-state index in [4.69, 9.17) is 9.57 Å². The summed E-state index contributed by atoms with van der Waals surface area (Å²) in [5.74, 6) is 0.625. The van der Waals surface area contributed by atoms with Gasteiger partial charge in [-0.05, 0) is 36.6 Å². The Balaban J connectivity index is 1.49. The molecule has 1 saturated heterocycles. The lowest BCUT2D eigenvalue weighted by atomic mass is 9.75. The van der Waals surface area contributed by atoms with Crippen LogP contribution in [0.15, 0.2) is 48.5 Å². The molecule has 1 unspecified atom stereocenters. The third-order valence-corrected chi connectivity index (χ3v) is 4.93. The van der Waals surface area contributed by atoms with Gasteiger partial charge in [0.2, 0.25) is 0 Å². The lowest BCUT2D eigenvalue weighted by molar-refractivity contribution is -0.157. The molecule has 3 nitrogen and oxygen atoms in total. The molecule has 2 aromatic rings. The van der Waals surface area contributed by atoms with Gasteiger partial charge in [-0.15, -0.1) is 0 Å². The predicted molar refractivity (Wildman–Crippen MR) is 85.6 cm³/mol. The maximum atomic E-state index is 13.7. The zero-order valence-corrected chi connectivity index (χ0v) is 13.0. The average Bonchev–Trinajstić information content (AvgIpc) is 2.99. The van der Waals surface area contributed by atoms with Gasteiger partial charge >= 0.3 is 0 Å². The molecule has 1 fully saturated rings. The molecule has 1 atom stereocenters. The molecule has 0 aromatic heterocycles. The second kappa shape index (κ2) is 5.95. The molecular weight excluding hydrogens is 293 g/mol. The maximum absolute atomic E-state index is 13.7. The fraction of sp³-hybridized carbons (Fsp3) is 0.368. The molecule has 0 saturated carbocycles. The van der Waals surface area contributed by atoms with Gasteiger partial charge in [-0.1, -0.05) is 30.3 Å². The van der Waals surface area contributed by atoms with Crippen LogP contribution in [-0.2, 0) is 16.9 Å². The summed E-state index contributed by atoms with van der Waals surface area (Å²) in [5.41, 5.74) is 2.10. The van der Waals surface area contributed by atoms with Crippen molar-refractivity contribution in [1.29, 1.82) is 0 Å². The van der Waals surface area contributed by atoms with E-state index in [2.05, 4.69) is 12.1 Å². The van der Waals surface area contributed by atoms with E-state index in [-0.39, 0.29) is 11.2 Å². The molecule has 2 aromatic carbocycles. The van der Waals surface area contributed by atoms with Crippen LogP contribution in [0, 0.1) is 5.82 Å². The Morgan fingerprint density at radius 3 is 2.87 bits per heavy atom. The predicted octanol–water partition coefficient (Wildman–Crippen LogP) is 3.68. The van der Waals surface area contributed by atoms with E-state index in [0.29, 0.717) is 13.2 Å². The monoisotopic (exact) mass is 313 g/mol. The average molecular weight is 313 g/mol. The lowest BCUT2D eigenvalue weighted by Crippen LogP contribution is -2.36. The molecule has 1 spiro atoms. The Labute approximate surface area is 135 Å². The first-order valence-electron chi connectivity index (χ1n) is 8.10. The first-order chi connectivity index (χ1) is 11.3. The summed E-state index contributed by atoms with van der Waals surface area (Å²) in [5, 5.41) is 2.02. The molecule has 120 valence electrons. The van der Waals surface area contributed by atoms with E-state index < -0.39 is 0 Å². The van der Waals surface area contributed by atoms with E-state index in [9.17, 15) is 4.39 Å². The van der Waals surface area contributed by atoms with Crippen molar-refractivity contribution in [1.82, 2.24) is 5.06 Å². The molecule has 4 heteroatoms. The Bertz CT molecular complexity index is 691. The second-order valence-corrected chi connectivity index (χ2v) is 6.39. The summed E-state index contributed by atoms with van der Waals surface area (Å²) < 4.78 is 19.4. The zero-order valence-electron chi connectivity index (χ0n) is 13.0. The van der Waals surface area contributed by atoms with Crippen molar-refractivity contribution < 1.29 is 14.0 Å². The number of hydrogen-bond acceptors (Lipinski definition) is 3. The molecule has 0 aliphatic carbocycles. The number of hydroxylamine groups is 2. The highest BCUT2D eigenvalue weighted by molar-refractivity contribution is 5.43. The largest absolute Gasteiger partial charge is 0.493 e. The van der Waals surface area contributed by atoms with Crippen LogP contribution in [0.3, 0.4) is 0 Å². The van der Waals surface area contributed by atoms with Crippen molar-refractivity contribution in [2.75, 3.05) is 19.7 Å². The fourth-order valence-electron chi connectivity index (χ4n) is 3.64. The number of halogens is 1. The molecule has 2 heterocycles. The van der Waals surface area contributed by atoms with Crippen molar-refractivity contribution in [3.63, 3.8) is 0 Å². The summed E-state index contributed by atoms with van der Waals surface area (Å²) >= 11 is 0. The molecule has 0 radical (unpaired) electrons. The van der Waals surface area contributed by atoms with Crippen LogP contribution in [0.2, 0.25) is 0 Å². The molecule has 0 bridgehead atoms. The zero-order chi connectivity index (χ0) is 15.7. The van der Waals surface area contributed by atoms with Gasteiger partial charge in [0.05, 0.1) is 13.2 Å². The summed E-state index contributed by atoms with van der Waals surface area (Å²) in [6, 6.07) is 15.0.